The predicted octanol–water partition coefficient (Wildman–Crippen LogP) is 1.50. The molecule has 0 bridgehead atoms. The lowest BCUT2D eigenvalue weighted by Crippen LogP contribution is -2.35. The summed E-state index contributed by atoms with van der Waals surface area (Å²) < 4.78 is 1.92. The second-order valence-corrected chi connectivity index (χ2v) is 5.52. The zero-order valence-corrected chi connectivity index (χ0v) is 12.6. The first kappa shape index (κ1) is 15.3. The zero-order valence-electron chi connectivity index (χ0n) is 11.7. The number of carbonyl (C=O) groups excluding carboxylic acids is 1. The molecule has 0 spiro atoms. The van der Waals surface area contributed by atoms with Crippen molar-refractivity contribution in [1.29, 1.82) is 0 Å². The van der Waals surface area contributed by atoms with Crippen LogP contribution in [0, 0.1) is 11.8 Å². The lowest BCUT2D eigenvalue weighted by Gasteiger charge is -2.13. The predicted molar refractivity (Wildman–Crippen MR) is 82.1 cm³/mol. The fourth-order valence-corrected chi connectivity index (χ4v) is 2.55. The first-order chi connectivity index (χ1) is 10.2. The van der Waals surface area contributed by atoms with Gasteiger partial charge in [-0.1, -0.05) is 11.8 Å². The molecule has 0 saturated heterocycles. The molecular formula is C15H17N3O2S. The van der Waals surface area contributed by atoms with Gasteiger partial charge in [0.05, 0.1) is 23.4 Å². The third kappa shape index (κ3) is 4.74. The molecule has 1 unspecified atom stereocenters. The molecule has 0 aliphatic rings. The van der Waals surface area contributed by atoms with Gasteiger partial charge >= 0.3 is 0 Å². The van der Waals surface area contributed by atoms with E-state index < -0.39 is 0 Å². The summed E-state index contributed by atoms with van der Waals surface area (Å²) in [6, 6.07) is 1.78. The molecule has 2 N–H and O–H groups in total. The van der Waals surface area contributed by atoms with E-state index in [-0.39, 0.29) is 18.6 Å². The number of aliphatic hydroxyl groups excluding tert-OH is 1. The molecule has 2 heterocycles. The average Bonchev–Trinajstić information content (AvgIpc) is 3.10. The zero-order chi connectivity index (χ0) is 15.1. The SMILES string of the molecule is CC(Cn1ccnc1)NC(=O)c1csc(C#CCCO)c1. The maximum Gasteiger partial charge on any atom is 0.252 e. The van der Waals surface area contributed by atoms with Crippen LogP contribution in [0.1, 0.15) is 28.6 Å². The van der Waals surface area contributed by atoms with Crippen LogP contribution in [0.25, 0.3) is 0 Å². The van der Waals surface area contributed by atoms with Crippen LogP contribution in [-0.2, 0) is 6.54 Å². The fourth-order valence-electron chi connectivity index (χ4n) is 1.79. The Bertz CT molecular complexity index is 637. The summed E-state index contributed by atoms with van der Waals surface area (Å²) in [4.78, 5) is 16.9. The number of nitrogens with zero attached hydrogens (tertiary/aromatic N) is 2. The number of nitrogens with one attached hydrogen (secondary N) is 1. The van der Waals surface area contributed by atoms with E-state index in [4.69, 9.17) is 5.11 Å². The number of hydrogen-bond donors (Lipinski definition) is 2. The van der Waals surface area contributed by atoms with Gasteiger partial charge in [-0.25, -0.2) is 4.98 Å². The average molecular weight is 303 g/mol. The van der Waals surface area contributed by atoms with Gasteiger partial charge in [0.1, 0.15) is 0 Å². The van der Waals surface area contributed by atoms with E-state index in [1.165, 1.54) is 11.3 Å². The Labute approximate surface area is 127 Å². The summed E-state index contributed by atoms with van der Waals surface area (Å²) >= 11 is 1.43. The molecule has 1 atom stereocenters. The summed E-state index contributed by atoms with van der Waals surface area (Å²) in [6.45, 7) is 2.68. The molecule has 1 amide bonds. The summed E-state index contributed by atoms with van der Waals surface area (Å²) in [6.07, 6.45) is 5.75. The molecular weight excluding hydrogens is 286 g/mol. The van der Waals surface area contributed by atoms with E-state index in [2.05, 4.69) is 22.1 Å². The number of imidazole rings is 1. The summed E-state index contributed by atoms with van der Waals surface area (Å²) in [5.74, 6) is 5.67. The van der Waals surface area contributed by atoms with Crippen molar-refractivity contribution < 1.29 is 9.90 Å². The minimum absolute atomic E-state index is 0.00974. The van der Waals surface area contributed by atoms with Crippen LogP contribution in [0.3, 0.4) is 0 Å². The summed E-state index contributed by atoms with van der Waals surface area (Å²) in [7, 11) is 0. The molecule has 2 aromatic heterocycles. The largest absolute Gasteiger partial charge is 0.395 e. The second-order valence-electron chi connectivity index (χ2n) is 4.61. The Hall–Kier alpha value is -2.10. The van der Waals surface area contributed by atoms with Crippen LogP contribution in [-0.4, -0.2) is 33.2 Å². The normalized spacial score (nSPS) is 11.5. The number of rotatable bonds is 5. The van der Waals surface area contributed by atoms with E-state index in [0.29, 0.717) is 18.5 Å². The van der Waals surface area contributed by atoms with Crippen LogP contribution < -0.4 is 5.32 Å². The highest BCUT2D eigenvalue weighted by Gasteiger charge is 2.11. The van der Waals surface area contributed by atoms with Crippen molar-refractivity contribution in [2.75, 3.05) is 6.61 Å². The number of amides is 1. The first-order valence-corrected chi connectivity index (χ1v) is 7.52. The van der Waals surface area contributed by atoms with Crippen molar-refractivity contribution in [1.82, 2.24) is 14.9 Å². The molecule has 0 fully saturated rings. The first-order valence-electron chi connectivity index (χ1n) is 6.64. The van der Waals surface area contributed by atoms with E-state index in [1.54, 1.807) is 24.0 Å². The van der Waals surface area contributed by atoms with Gasteiger partial charge in [-0.15, -0.1) is 11.3 Å². The molecule has 0 saturated carbocycles. The molecule has 5 nitrogen and oxygen atoms in total. The van der Waals surface area contributed by atoms with Crippen LogP contribution in [0.2, 0.25) is 0 Å². The molecule has 0 aliphatic heterocycles. The van der Waals surface area contributed by atoms with Crippen LogP contribution in [0.15, 0.2) is 30.2 Å². The van der Waals surface area contributed by atoms with Crippen molar-refractivity contribution in [3.05, 3.63) is 40.6 Å². The number of aromatic nitrogens is 2. The molecule has 2 aromatic rings. The van der Waals surface area contributed by atoms with Crippen LogP contribution in [0.5, 0.6) is 0 Å². The van der Waals surface area contributed by atoms with E-state index in [1.807, 2.05) is 17.7 Å². The number of thiophene rings is 1. The lowest BCUT2D eigenvalue weighted by atomic mass is 10.2. The summed E-state index contributed by atoms with van der Waals surface area (Å²) in [5.41, 5.74) is 0.616. The van der Waals surface area contributed by atoms with E-state index in [9.17, 15) is 4.79 Å². The van der Waals surface area contributed by atoms with Gasteiger partial charge in [-0.3, -0.25) is 4.79 Å². The van der Waals surface area contributed by atoms with Gasteiger partial charge in [0.2, 0.25) is 0 Å². The minimum atomic E-state index is -0.103. The van der Waals surface area contributed by atoms with Gasteiger partial charge in [0, 0.05) is 36.8 Å². The number of aliphatic hydroxyl groups is 1. The topological polar surface area (TPSA) is 67.2 Å². The maximum atomic E-state index is 12.1. The Morgan fingerprint density at radius 2 is 2.48 bits per heavy atom. The fraction of sp³-hybridized carbons (Fsp3) is 0.333. The maximum absolute atomic E-state index is 12.1. The standard InChI is InChI=1S/C15H17N3O2S/c1-12(9-18-6-5-16-11-18)17-15(20)13-8-14(21-10-13)4-2-3-7-19/h5-6,8,10-12,19H,3,7,9H2,1H3,(H,17,20). The minimum Gasteiger partial charge on any atom is -0.395 e. The van der Waals surface area contributed by atoms with Gasteiger partial charge in [0.25, 0.3) is 5.91 Å². The molecule has 21 heavy (non-hydrogen) atoms. The van der Waals surface area contributed by atoms with Crippen molar-refractivity contribution in [2.24, 2.45) is 0 Å². The van der Waals surface area contributed by atoms with Gasteiger partial charge in [0.15, 0.2) is 0 Å². The summed E-state index contributed by atoms with van der Waals surface area (Å²) in [5, 5.41) is 13.4. The molecule has 6 heteroatoms. The van der Waals surface area contributed by atoms with E-state index in [0.717, 1.165) is 4.88 Å². The van der Waals surface area contributed by atoms with Crippen molar-refractivity contribution in [2.45, 2.75) is 25.9 Å². The van der Waals surface area contributed by atoms with Crippen molar-refractivity contribution in [3.63, 3.8) is 0 Å². The van der Waals surface area contributed by atoms with E-state index >= 15 is 0 Å². The molecule has 2 rings (SSSR count). The van der Waals surface area contributed by atoms with Crippen LogP contribution in [0.4, 0.5) is 0 Å². The Morgan fingerprint density at radius 1 is 1.62 bits per heavy atom. The highest BCUT2D eigenvalue weighted by Crippen LogP contribution is 2.13. The molecule has 0 aromatic carbocycles. The molecule has 0 aliphatic carbocycles. The van der Waals surface area contributed by atoms with Gasteiger partial charge < -0.3 is 15.0 Å². The molecule has 110 valence electrons. The van der Waals surface area contributed by atoms with Gasteiger partial charge in [-0.2, -0.15) is 0 Å². The number of hydrogen-bond acceptors (Lipinski definition) is 4. The third-order valence-corrected chi connectivity index (χ3v) is 3.58. The quantitative estimate of drug-likeness (QED) is 0.823. The Morgan fingerprint density at radius 3 is 3.19 bits per heavy atom. The highest BCUT2D eigenvalue weighted by molar-refractivity contribution is 7.10. The number of carbonyl (C=O) groups is 1. The highest BCUT2D eigenvalue weighted by atomic mass is 32.1. The second kappa shape index (κ2) is 7.62. The third-order valence-electron chi connectivity index (χ3n) is 2.73. The van der Waals surface area contributed by atoms with Crippen molar-refractivity contribution in [3.8, 4) is 11.8 Å². The monoisotopic (exact) mass is 303 g/mol. The molecule has 0 radical (unpaired) electrons. The smallest absolute Gasteiger partial charge is 0.252 e. The van der Waals surface area contributed by atoms with Crippen LogP contribution >= 0.6 is 11.3 Å². The lowest BCUT2D eigenvalue weighted by molar-refractivity contribution is 0.0937. The Balaban J connectivity index is 1.90. The van der Waals surface area contributed by atoms with Gasteiger partial charge in [-0.05, 0) is 13.0 Å². The van der Waals surface area contributed by atoms with Crippen molar-refractivity contribution >= 4 is 17.2 Å². The Kier molecular flexibility index (Phi) is 5.55.